The molecule has 3 aromatic rings. The van der Waals surface area contributed by atoms with Crippen LogP contribution in [0, 0.1) is 0 Å². The maximum absolute atomic E-state index is 9.93. The molecule has 0 aliphatic carbocycles. The molecule has 0 aromatic heterocycles. The Hall–Kier alpha value is -2.50. The van der Waals surface area contributed by atoms with Gasteiger partial charge in [0.15, 0.2) is 0 Å². The summed E-state index contributed by atoms with van der Waals surface area (Å²) in [7, 11) is 0. The van der Waals surface area contributed by atoms with Crippen molar-refractivity contribution in [2.45, 2.75) is 32.0 Å². The van der Waals surface area contributed by atoms with Crippen molar-refractivity contribution in [3.05, 3.63) is 108 Å². The molecule has 0 radical (unpaired) electrons. The monoisotopic (exact) mass is 392 g/mol. The third-order valence-corrected chi connectivity index (χ3v) is 4.60. The molecule has 0 amide bonds. The maximum Gasteiger partial charge on any atom is 0.110 e. The fourth-order valence-electron chi connectivity index (χ4n) is 2.96. The number of ether oxygens (including phenoxy) is 3. The molecular formula is C25H28O4. The van der Waals surface area contributed by atoms with Crippen LogP contribution < -0.4 is 0 Å². The highest BCUT2D eigenvalue weighted by atomic mass is 16.6. The van der Waals surface area contributed by atoms with Crippen molar-refractivity contribution in [3.63, 3.8) is 0 Å². The van der Waals surface area contributed by atoms with Crippen LogP contribution in [-0.4, -0.2) is 30.5 Å². The summed E-state index contributed by atoms with van der Waals surface area (Å²) in [5.74, 6) is 0. The van der Waals surface area contributed by atoms with Gasteiger partial charge in [0.2, 0.25) is 0 Å². The molecule has 0 fully saturated rings. The first-order valence-electron chi connectivity index (χ1n) is 9.88. The van der Waals surface area contributed by atoms with Crippen LogP contribution in [0.25, 0.3) is 0 Å². The van der Waals surface area contributed by atoms with Gasteiger partial charge in [-0.15, -0.1) is 0 Å². The van der Waals surface area contributed by atoms with E-state index in [-0.39, 0.29) is 12.7 Å². The Balaban J connectivity index is 1.59. The molecule has 0 saturated carbocycles. The van der Waals surface area contributed by atoms with Crippen LogP contribution in [0.2, 0.25) is 0 Å². The van der Waals surface area contributed by atoms with Gasteiger partial charge in [-0.2, -0.15) is 0 Å². The summed E-state index contributed by atoms with van der Waals surface area (Å²) >= 11 is 0. The van der Waals surface area contributed by atoms with Gasteiger partial charge < -0.3 is 19.3 Å². The second kappa shape index (κ2) is 12.1. The molecule has 2 atom stereocenters. The normalized spacial score (nSPS) is 13.1. The Morgan fingerprint density at radius 1 is 0.552 bits per heavy atom. The zero-order valence-electron chi connectivity index (χ0n) is 16.5. The first-order chi connectivity index (χ1) is 14.3. The lowest BCUT2D eigenvalue weighted by Gasteiger charge is -2.26. The van der Waals surface area contributed by atoms with Gasteiger partial charge in [-0.3, -0.25) is 0 Å². The fraction of sp³-hybridized carbons (Fsp3) is 0.280. The standard InChI is InChI=1S/C25H28O4/c26-16-24(28-18-22-12-6-2-7-13-22)25(29-19-23-14-8-3-9-15-23)20-27-17-21-10-4-1-5-11-21/h1-15,24-26H,16-20H2/t24-,25-/m0/s1. The summed E-state index contributed by atoms with van der Waals surface area (Å²) < 4.78 is 18.0. The minimum atomic E-state index is -0.477. The summed E-state index contributed by atoms with van der Waals surface area (Å²) in [6, 6.07) is 29.9. The molecule has 152 valence electrons. The van der Waals surface area contributed by atoms with Crippen molar-refractivity contribution in [1.29, 1.82) is 0 Å². The number of aliphatic hydroxyl groups is 1. The summed E-state index contributed by atoms with van der Waals surface area (Å²) in [6.45, 7) is 1.53. The summed E-state index contributed by atoms with van der Waals surface area (Å²) in [4.78, 5) is 0. The molecule has 3 rings (SSSR count). The number of rotatable bonds is 12. The van der Waals surface area contributed by atoms with Gasteiger partial charge >= 0.3 is 0 Å². The van der Waals surface area contributed by atoms with Crippen molar-refractivity contribution >= 4 is 0 Å². The van der Waals surface area contributed by atoms with Crippen LogP contribution in [0.3, 0.4) is 0 Å². The Morgan fingerprint density at radius 2 is 0.966 bits per heavy atom. The average molecular weight is 392 g/mol. The van der Waals surface area contributed by atoms with E-state index in [1.165, 1.54) is 0 Å². The zero-order valence-corrected chi connectivity index (χ0v) is 16.5. The summed E-state index contributed by atoms with van der Waals surface area (Å²) in [5.41, 5.74) is 3.22. The fourth-order valence-corrected chi connectivity index (χ4v) is 2.96. The lowest BCUT2D eigenvalue weighted by atomic mass is 10.2. The quantitative estimate of drug-likeness (QED) is 0.497. The second-order valence-corrected chi connectivity index (χ2v) is 6.85. The molecule has 4 heteroatoms. The molecule has 1 N–H and O–H groups in total. The van der Waals surface area contributed by atoms with Crippen LogP contribution in [0.15, 0.2) is 91.0 Å². The van der Waals surface area contributed by atoms with Crippen molar-refractivity contribution in [3.8, 4) is 0 Å². The smallest absolute Gasteiger partial charge is 0.110 e. The molecule has 0 spiro atoms. The van der Waals surface area contributed by atoms with Crippen LogP contribution in [0.5, 0.6) is 0 Å². The Bertz CT molecular complexity index is 793. The van der Waals surface area contributed by atoms with Crippen LogP contribution in [0.1, 0.15) is 16.7 Å². The minimum Gasteiger partial charge on any atom is -0.394 e. The summed E-state index contributed by atoms with van der Waals surface area (Å²) in [6.07, 6.45) is -0.859. The third kappa shape index (κ3) is 7.44. The topological polar surface area (TPSA) is 47.9 Å². The van der Waals surface area contributed by atoms with Gasteiger partial charge in [-0.25, -0.2) is 0 Å². The van der Waals surface area contributed by atoms with Crippen molar-refractivity contribution in [1.82, 2.24) is 0 Å². The van der Waals surface area contributed by atoms with Gasteiger partial charge in [0.25, 0.3) is 0 Å². The maximum atomic E-state index is 9.93. The number of benzene rings is 3. The SMILES string of the molecule is OC[C@H](OCc1ccccc1)[C@H](COCc1ccccc1)OCc1ccccc1. The molecule has 0 aliphatic heterocycles. The van der Waals surface area contributed by atoms with E-state index in [1.54, 1.807) is 0 Å². The largest absolute Gasteiger partial charge is 0.394 e. The van der Waals surface area contributed by atoms with Crippen molar-refractivity contribution in [2.75, 3.05) is 13.2 Å². The van der Waals surface area contributed by atoms with E-state index in [4.69, 9.17) is 14.2 Å². The van der Waals surface area contributed by atoms with E-state index < -0.39 is 6.10 Å². The molecule has 0 saturated heterocycles. The molecule has 0 unspecified atom stereocenters. The third-order valence-electron chi connectivity index (χ3n) is 4.60. The molecule has 3 aromatic carbocycles. The molecule has 4 nitrogen and oxygen atoms in total. The zero-order chi connectivity index (χ0) is 20.2. The van der Waals surface area contributed by atoms with E-state index >= 15 is 0 Å². The highest BCUT2D eigenvalue weighted by Gasteiger charge is 2.23. The van der Waals surface area contributed by atoms with E-state index in [0.29, 0.717) is 26.4 Å². The van der Waals surface area contributed by atoms with Crippen LogP contribution >= 0.6 is 0 Å². The first kappa shape index (κ1) is 21.2. The first-order valence-corrected chi connectivity index (χ1v) is 9.88. The number of hydrogen-bond acceptors (Lipinski definition) is 4. The van der Waals surface area contributed by atoms with E-state index in [0.717, 1.165) is 16.7 Å². The van der Waals surface area contributed by atoms with E-state index in [1.807, 2.05) is 91.0 Å². The Morgan fingerprint density at radius 3 is 1.41 bits per heavy atom. The van der Waals surface area contributed by atoms with E-state index in [2.05, 4.69) is 0 Å². The lowest BCUT2D eigenvalue weighted by molar-refractivity contribution is -0.130. The Labute approximate surface area is 172 Å². The Kier molecular flexibility index (Phi) is 8.88. The van der Waals surface area contributed by atoms with Gasteiger partial charge in [0.1, 0.15) is 12.2 Å². The predicted octanol–water partition coefficient (Wildman–Crippen LogP) is 4.37. The van der Waals surface area contributed by atoms with Crippen molar-refractivity contribution in [2.24, 2.45) is 0 Å². The lowest BCUT2D eigenvalue weighted by Crippen LogP contribution is -2.38. The van der Waals surface area contributed by atoms with Crippen LogP contribution in [-0.2, 0) is 34.0 Å². The van der Waals surface area contributed by atoms with E-state index in [9.17, 15) is 5.11 Å². The second-order valence-electron chi connectivity index (χ2n) is 6.85. The van der Waals surface area contributed by atoms with Gasteiger partial charge in [-0.1, -0.05) is 91.0 Å². The molecule has 0 heterocycles. The molecule has 29 heavy (non-hydrogen) atoms. The molecular weight excluding hydrogens is 364 g/mol. The minimum absolute atomic E-state index is 0.138. The van der Waals surface area contributed by atoms with Gasteiger partial charge in [-0.05, 0) is 16.7 Å². The number of aliphatic hydroxyl groups excluding tert-OH is 1. The highest BCUT2D eigenvalue weighted by molar-refractivity contribution is 5.15. The van der Waals surface area contributed by atoms with Crippen LogP contribution in [0.4, 0.5) is 0 Å². The average Bonchev–Trinajstić information content (AvgIpc) is 2.79. The van der Waals surface area contributed by atoms with Crippen molar-refractivity contribution < 1.29 is 19.3 Å². The summed E-state index contributed by atoms with van der Waals surface area (Å²) in [5, 5.41) is 9.93. The number of hydrogen-bond donors (Lipinski definition) is 1. The predicted molar refractivity (Wildman–Crippen MR) is 113 cm³/mol. The van der Waals surface area contributed by atoms with Gasteiger partial charge in [0.05, 0.1) is 33.0 Å². The molecule has 0 aliphatic rings. The highest BCUT2D eigenvalue weighted by Crippen LogP contribution is 2.13. The molecule has 0 bridgehead atoms. The van der Waals surface area contributed by atoms with Gasteiger partial charge in [0, 0.05) is 0 Å².